The van der Waals surface area contributed by atoms with Crippen LogP contribution >= 0.6 is 0 Å². The number of aromatic amines is 1. The van der Waals surface area contributed by atoms with Gasteiger partial charge in [0.15, 0.2) is 0 Å². The van der Waals surface area contributed by atoms with E-state index in [2.05, 4.69) is 4.98 Å². The Balaban J connectivity index is 1.34. The lowest BCUT2D eigenvalue weighted by atomic mass is 9.88. The molecule has 2 aliphatic heterocycles. The number of amides is 3. The maximum absolute atomic E-state index is 14.5. The summed E-state index contributed by atoms with van der Waals surface area (Å²) in [6.45, 7) is 1.68. The molecule has 3 heterocycles. The van der Waals surface area contributed by atoms with Gasteiger partial charge in [-0.25, -0.2) is 9.59 Å². The average molecular weight is 595 g/mol. The molecule has 3 aromatic carbocycles. The van der Waals surface area contributed by atoms with E-state index < -0.39 is 36.1 Å². The third kappa shape index (κ3) is 5.50. The molecule has 0 unspecified atom stereocenters. The zero-order valence-electron chi connectivity index (χ0n) is 24.6. The van der Waals surface area contributed by atoms with Crippen LogP contribution in [0.3, 0.4) is 0 Å². The number of H-pyrrole nitrogens is 1. The van der Waals surface area contributed by atoms with Crippen LogP contribution in [0.4, 0.5) is 4.79 Å². The van der Waals surface area contributed by atoms with Gasteiger partial charge in [0.05, 0.1) is 19.7 Å². The maximum atomic E-state index is 14.5. The van der Waals surface area contributed by atoms with E-state index >= 15 is 0 Å². The standard InChI is InChI=1S/C34H34N4O6/c1-22(39)37-20-29-31-26(25-15-9-10-16-27(25)35-31)17-28(33(41)43-2)38(29)32(40)30(37)19-36(18-23-11-5-3-6-12-23)34(42)44-21-24-13-7-4-8-14-24/h3-16,28-30,35H,17-21H2,1-2H3/t28-,29+,30-/m1/s1. The number of esters is 1. The largest absolute Gasteiger partial charge is 0.467 e. The first-order chi connectivity index (χ1) is 21.4. The van der Waals surface area contributed by atoms with Gasteiger partial charge in [-0.05, 0) is 22.8 Å². The summed E-state index contributed by atoms with van der Waals surface area (Å²) in [6, 6.07) is 24.0. The third-order valence-electron chi connectivity index (χ3n) is 8.48. The van der Waals surface area contributed by atoms with Crippen molar-refractivity contribution in [3.05, 3.63) is 107 Å². The van der Waals surface area contributed by atoms with Crippen LogP contribution in [0.1, 0.15) is 35.3 Å². The molecule has 3 atom stereocenters. The van der Waals surface area contributed by atoms with E-state index in [4.69, 9.17) is 9.47 Å². The average Bonchev–Trinajstić information content (AvgIpc) is 3.43. The number of carbonyl (C=O) groups is 4. The Morgan fingerprint density at radius 3 is 2.27 bits per heavy atom. The fourth-order valence-electron chi connectivity index (χ4n) is 6.36. The monoisotopic (exact) mass is 594 g/mol. The quantitative estimate of drug-likeness (QED) is 0.321. The number of hydrogen-bond acceptors (Lipinski definition) is 6. The number of para-hydroxylation sites is 1. The van der Waals surface area contributed by atoms with E-state index in [0.717, 1.165) is 33.3 Å². The fourth-order valence-corrected chi connectivity index (χ4v) is 6.36. The molecule has 10 nitrogen and oxygen atoms in total. The Morgan fingerprint density at radius 2 is 1.59 bits per heavy atom. The fraction of sp³-hybridized carbons (Fsp3) is 0.294. The van der Waals surface area contributed by atoms with Crippen molar-refractivity contribution in [2.75, 3.05) is 20.2 Å². The van der Waals surface area contributed by atoms with Crippen LogP contribution in [0.5, 0.6) is 0 Å². The van der Waals surface area contributed by atoms with Gasteiger partial charge in [0.1, 0.15) is 18.7 Å². The number of rotatable bonds is 7. The maximum Gasteiger partial charge on any atom is 0.410 e. The van der Waals surface area contributed by atoms with E-state index in [1.807, 2.05) is 84.9 Å². The molecule has 6 rings (SSSR count). The first kappa shape index (κ1) is 29.0. The van der Waals surface area contributed by atoms with Gasteiger partial charge in [-0.3, -0.25) is 9.59 Å². The molecule has 10 heteroatoms. The first-order valence-electron chi connectivity index (χ1n) is 14.6. The number of nitrogens with one attached hydrogen (secondary N) is 1. The third-order valence-corrected chi connectivity index (χ3v) is 8.48. The second-order valence-electron chi connectivity index (χ2n) is 11.2. The number of piperazine rings is 1. The normalized spacial score (nSPS) is 19.2. The molecule has 2 aliphatic rings. The van der Waals surface area contributed by atoms with E-state index in [-0.39, 0.29) is 38.6 Å². The van der Waals surface area contributed by atoms with Crippen molar-refractivity contribution in [1.82, 2.24) is 19.7 Å². The Hall–Kier alpha value is -5.12. The Kier molecular flexibility index (Phi) is 8.06. The second kappa shape index (κ2) is 12.2. The molecule has 3 amide bonds. The molecule has 4 aromatic rings. The number of carbonyl (C=O) groups excluding carboxylic acids is 4. The Bertz CT molecular complexity index is 1690. The van der Waals surface area contributed by atoms with Gasteiger partial charge in [-0.2, -0.15) is 0 Å². The molecule has 1 fully saturated rings. The molecule has 0 radical (unpaired) electrons. The van der Waals surface area contributed by atoms with Crippen LogP contribution in [0.25, 0.3) is 10.9 Å². The van der Waals surface area contributed by atoms with Crippen molar-refractivity contribution in [2.24, 2.45) is 0 Å². The zero-order valence-corrected chi connectivity index (χ0v) is 24.6. The van der Waals surface area contributed by atoms with E-state index in [1.165, 1.54) is 23.8 Å². The van der Waals surface area contributed by atoms with Crippen LogP contribution in [-0.2, 0) is 43.4 Å². The molecule has 44 heavy (non-hydrogen) atoms. The van der Waals surface area contributed by atoms with Crippen molar-refractivity contribution in [2.45, 2.75) is 44.6 Å². The zero-order chi connectivity index (χ0) is 30.8. The van der Waals surface area contributed by atoms with Crippen LogP contribution < -0.4 is 0 Å². The van der Waals surface area contributed by atoms with Gasteiger partial charge in [-0.1, -0.05) is 78.9 Å². The number of benzene rings is 3. The minimum Gasteiger partial charge on any atom is -0.467 e. The van der Waals surface area contributed by atoms with E-state index in [9.17, 15) is 19.2 Å². The molecular formula is C34H34N4O6. The number of hydrogen-bond donors (Lipinski definition) is 1. The summed E-state index contributed by atoms with van der Waals surface area (Å²) in [7, 11) is 1.31. The summed E-state index contributed by atoms with van der Waals surface area (Å²) < 4.78 is 10.8. The van der Waals surface area contributed by atoms with Crippen molar-refractivity contribution in [3.63, 3.8) is 0 Å². The number of ether oxygens (including phenoxy) is 2. The second-order valence-corrected chi connectivity index (χ2v) is 11.2. The van der Waals surface area contributed by atoms with Crippen LogP contribution in [0.15, 0.2) is 84.9 Å². The van der Waals surface area contributed by atoms with Crippen LogP contribution in [0.2, 0.25) is 0 Å². The summed E-state index contributed by atoms with van der Waals surface area (Å²) in [5.41, 5.74) is 4.29. The van der Waals surface area contributed by atoms with Gasteiger partial charge in [0.2, 0.25) is 11.8 Å². The lowest BCUT2D eigenvalue weighted by Crippen LogP contribution is -2.67. The Morgan fingerprint density at radius 1 is 0.932 bits per heavy atom. The van der Waals surface area contributed by atoms with Gasteiger partial charge < -0.3 is 29.2 Å². The SMILES string of the molecule is COC(=O)[C@H]1Cc2c([nH]c3ccccc23)[C@@H]2CN(C(C)=O)[C@H](CN(Cc3ccccc3)C(=O)OCc3ccccc3)C(=O)N12. The first-order valence-corrected chi connectivity index (χ1v) is 14.6. The highest BCUT2D eigenvalue weighted by Gasteiger charge is 2.51. The summed E-state index contributed by atoms with van der Waals surface area (Å²) in [6.07, 6.45) is -0.342. The molecule has 1 aromatic heterocycles. The summed E-state index contributed by atoms with van der Waals surface area (Å²) in [4.78, 5) is 62.2. The van der Waals surface area contributed by atoms with Gasteiger partial charge >= 0.3 is 12.1 Å². The predicted molar refractivity (Wildman–Crippen MR) is 162 cm³/mol. The molecule has 0 saturated carbocycles. The minimum absolute atomic E-state index is 0.0573. The topological polar surface area (TPSA) is 112 Å². The molecule has 0 bridgehead atoms. The molecule has 0 spiro atoms. The van der Waals surface area contributed by atoms with Gasteiger partial charge in [-0.15, -0.1) is 0 Å². The Labute approximate surface area is 255 Å². The van der Waals surface area contributed by atoms with E-state index in [1.54, 1.807) is 4.90 Å². The molecule has 226 valence electrons. The van der Waals surface area contributed by atoms with Crippen molar-refractivity contribution < 1.29 is 28.7 Å². The number of aromatic nitrogens is 1. The number of nitrogens with zero attached hydrogens (tertiary/aromatic N) is 3. The smallest absolute Gasteiger partial charge is 0.410 e. The van der Waals surface area contributed by atoms with Gasteiger partial charge in [0, 0.05) is 43.0 Å². The lowest BCUT2D eigenvalue weighted by Gasteiger charge is -2.50. The summed E-state index contributed by atoms with van der Waals surface area (Å²) >= 11 is 0. The highest BCUT2D eigenvalue weighted by molar-refractivity contribution is 5.95. The van der Waals surface area contributed by atoms with Crippen LogP contribution in [0, 0.1) is 0 Å². The number of fused-ring (bicyclic) bond motifs is 5. The molecule has 0 aliphatic carbocycles. The molecular weight excluding hydrogens is 560 g/mol. The predicted octanol–water partition coefficient (Wildman–Crippen LogP) is 4.21. The molecule has 1 saturated heterocycles. The van der Waals surface area contributed by atoms with Gasteiger partial charge in [0.25, 0.3) is 0 Å². The summed E-state index contributed by atoms with van der Waals surface area (Å²) in [5.74, 6) is -1.26. The minimum atomic E-state index is -1.03. The van der Waals surface area contributed by atoms with Crippen LogP contribution in [-0.4, -0.2) is 75.8 Å². The number of methoxy groups -OCH3 is 1. The van der Waals surface area contributed by atoms with Crippen molar-refractivity contribution >= 4 is 34.8 Å². The summed E-state index contributed by atoms with van der Waals surface area (Å²) in [5, 5.41) is 0.968. The van der Waals surface area contributed by atoms with Crippen molar-refractivity contribution in [3.8, 4) is 0 Å². The lowest BCUT2D eigenvalue weighted by molar-refractivity contribution is -0.167. The van der Waals surface area contributed by atoms with Crippen molar-refractivity contribution in [1.29, 1.82) is 0 Å². The highest BCUT2D eigenvalue weighted by Crippen LogP contribution is 2.41. The van der Waals surface area contributed by atoms with E-state index in [0.29, 0.717) is 0 Å². The molecule has 1 N–H and O–H groups in total. The highest BCUT2D eigenvalue weighted by atomic mass is 16.6.